The van der Waals surface area contributed by atoms with Crippen molar-refractivity contribution in [3.63, 3.8) is 0 Å². The summed E-state index contributed by atoms with van der Waals surface area (Å²) in [5.74, 6) is 0.963. The second-order valence-corrected chi connectivity index (χ2v) is 9.84. The van der Waals surface area contributed by atoms with E-state index in [2.05, 4.69) is 110 Å². The number of allylic oxidation sites excluding steroid dienone is 2. The van der Waals surface area contributed by atoms with E-state index in [1.165, 1.54) is 60.1 Å². The van der Waals surface area contributed by atoms with Crippen molar-refractivity contribution in [2.45, 2.75) is 46.0 Å². The number of aryl methyl sites for hydroxylation is 2. The molecule has 0 spiro atoms. The van der Waals surface area contributed by atoms with E-state index in [0.29, 0.717) is 11.8 Å². The van der Waals surface area contributed by atoms with Gasteiger partial charge in [-0.15, -0.1) is 0 Å². The SMILES string of the molecule is CC1=Cc2c(Br)cccc2C1CC1C(C)=Cc2c(-c3cc(C)ccc3C)cccc21. The summed E-state index contributed by atoms with van der Waals surface area (Å²) >= 11 is 3.74. The van der Waals surface area contributed by atoms with Crippen molar-refractivity contribution >= 4 is 28.1 Å². The standard InChI is InChI=1S/C29H27Br/c1-17-11-12-18(2)24(13-17)21-7-5-8-22-25(19(3)14-27(21)22)16-26-20(4)15-28-23(26)9-6-10-29(28)30/h5-15,25-26H,16H2,1-4H3. The molecule has 1 heteroatoms. The maximum absolute atomic E-state index is 3.74. The molecular formula is C29H27Br. The van der Waals surface area contributed by atoms with E-state index in [1.807, 2.05) is 0 Å². The van der Waals surface area contributed by atoms with Crippen LogP contribution in [-0.2, 0) is 0 Å². The van der Waals surface area contributed by atoms with Gasteiger partial charge in [-0.1, -0.05) is 93.3 Å². The lowest BCUT2D eigenvalue weighted by Gasteiger charge is -2.22. The normalized spacial score (nSPS) is 19.4. The van der Waals surface area contributed by atoms with Gasteiger partial charge >= 0.3 is 0 Å². The van der Waals surface area contributed by atoms with Gasteiger partial charge in [0.25, 0.3) is 0 Å². The van der Waals surface area contributed by atoms with Gasteiger partial charge in [0.15, 0.2) is 0 Å². The molecule has 2 atom stereocenters. The monoisotopic (exact) mass is 454 g/mol. The third-order valence-corrected chi connectivity index (χ3v) is 7.67. The molecule has 0 fully saturated rings. The fraction of sp³-hybridized carbons (Fsp3) is 0.241. The van der Waals surface area contributed by atoms with E-state index in [9.17, 15) is 0 Å². The van der Waals surface area contributed by atoms with E-state index in [1.54, 1.807) is 0 Å². The van der Waals surface area contributed by atoms with Crippen molar-refractivity contribution in [2.24, 2.45) is 0 Å². The fourth-order valence-electron chi connectivity index (χ4n) is 5.33. The van der Waals surface area contributed by atoms with Gasteiger partial charge in [0.05, 0.1) is 0 Å². The van der Waals surface area contributed by atoms with Crippen molar-refractivity contribution in [3.05, 3.63) is 104 Å². The van der Waals surface area contributed by atoms with Crippen LogP contribution in [-0.4, -0.2) is 0 Å². The average Bonchev–Trinajstić information content (AvgIpc) is 3.22. The third kappa shape index (κ3) is 3.11. The summed E-state index contributed by atoms with van der Waals surface area (Å²) in [4.78, 5) is 0. The topological polar surface area (TPSA) is 0 Å². The molecule has 3 aromatic carbocycles. The number of rotatable bonds is 3. The highest BCUT2D eigenvalue weighted by Crippen LogP contribution is 2.50. The Morgan fingerprint density at radius 2 is 1.33 bits per heavy atom. The van der Waals surface area contributed by atoms with Gasteiger partial charge in [-0.3, -0.25) is 0 Å². The molecule has 0 amide bonds. The maximum atomic E-state index is 3.74. The van der Waals surface area contributed by atoms with Crippen LogP contribution in [0, 0.1) is 13.8 Å². The smallest absolute Gasteiger partial charge is 0.0250 e. The molecule has 0 nitrogen and oxygen atoms in total. The summed E-state index contributed by atoms with van der Waals surface area (Å²) in [7, 11) is 0. The van der Waals surface area contributed by atoms with Gasteiger partial charge < -0.3 is 0 Å². The van der Waals surface area contributed by atoms with Crippen LogP contribution in [0.25, 0.3) is 23.3 Å². The third-order valence-electron chi connectivity index (χ3n) is 6.98. The summed E-state index contributed by atoms with van der Waals surface area (Å²) < 4.78 is 1.21. The predicted molar refractivity (Wildman–Crippen MR) is 133 cm³/mol. The van der Waals surface area contributed by atoms with Gasteiger partial charge in [0, 0.05) is 16.3 Å². The van der Waals surface area contributed by atoms with Crippen molar-refractivity contribution in [2.75, 3.05) is 0 Å². The number of fused-ring (bicyclic) bond motifs is 2. The number of hydrogen-bond donors (Lipinski definition) is 0. The molecule has 30 heavy (non-hydrogen) atoms. The average molecular weight is 455 g/mol. The van der Waals surface area contributed by atoms with E-state index in [-0.39, 0.29) is 0 Å². The van der Waals surface area contributed by atoms with Gasteiger partial charge in [-0.05, 0) is 79.1 Å². The molecule has 0 saturated carbocycles. The molecule has 0 aliphatic heterocycles. The van der Waals surface area contributed by atoms with Gasteiger partial charge in [-0.2, -0.15) is 0 Å². The van der Waals surface area contributed by atoms with Crippen LogP contribution in [0.5, 0.6) is 0 Å². The summed E-state index contributed by atoms with van der Waals surface area (Å²) in [5, 5.41) is 0. The zero-order valence-electron chi connectivity index (χ0n) is 18.1. The van der Waals surface area contributed by atoms with E-state index in [4.69, 9.17) is 0 Å². The molecular weight excluding hydrogens is 428 g/mol. The summed E-state index contributed by atoms with van der Waals surface area (Å²) in [6, 6.07) is 20.3. The second-order valence-electron chi connectivity index (χ2n) is 8.99. The van der Waals surface area contributed by atoms with E-state index < -0.39 is 0 Å². The van der Waals surface area contributed by atoms with Crippen molar-refractivity contribution in [1.82, 2.24) is 0 Å². The van der Waals surface area contributed by atoms with Gasteiger partial charge in [-0.25, -0.2) is 0 Å². The molecule has 2 unspecified atom stereocenters. The summed E-state index contributed by atoms with van der Waals surface area (Å²) in [6.07, 6.45) is 5.94. The minimum atomic E-state index is 0.475. The number of halogens is 1. The Balaban J connectivity index is 1.55. The highest BCUT2D eigenvalue weighted by molar-refractivity contribution is 9.10. The molecule has 2 aliphatic rings. The Kier molecular flexibility index (Phi) is 4.82. The number of benzene rings is 3. The Morgan fingerprint density at radius 1 is 0.700 bits per heavy atom. The van der Waals surface area contributed by atoms with Crippen LogP contribution in [0.1, 0.15) is 65.5 Å². The zero-order chi connectivity index (χ0) is 21.0. The summed E-state index contributed by atoms with van der Waals surface area (Å²) in [5.41, 5.74) is 14.1. The molecule has 0 bridgehead atoms. The lowest BCUT2D eigenvalue weighted by molar-refractivity contribution is 0.642. The largest absolute Gasteiger partial charge is 0.0651 e. The first-order valence-electron chi connectivity index (χ1n) is 10.8. The van der Waals surface area contributed by atoms with Crippen LogP contribution >= 0.6 is 15.9 Å². The Labute approximate surface area is 188 Å². The van der Waals surface area contributed by atoms with E-state index >= 15 is 0 Å². The van der Waals surface area contributed by atoms with E-state index in [0.717, 1.165) is 6.42 Å². The first-order chi connectivity index (χ1) is 14.4. The minimum Gasteiger partial charge on any atom is -0.0651 e. The Hall–Kier alpha value is -2.38. The molecule has 2 aliphatic carbocycles. The predicted octanol–water partition coefficient (Wildman–Crippen LogP) is 8.82. The summed E-state index contributed by atoms with van der Waals surface area (Å²) in [6.45, 7) is 9.01. The van der Waals surface area contributed by atoms with Crippen LogP contribution in [0.3, 0.4) is 0 Å². The molecule has 0 radical (unpaired) electrons. The first kappa shape index (κ1) is 19.6. The lowest BCUT2D eigenvalue weighted by Crippen LogP contribution is -2.06. The first-order valence-corrected chi connectivity index (χ1v) is 11.6. The van der Waals surface area contributed by atoms with Gasteiger partial charge in [0.2, 0.25) is 0 Å². The van der Waals surface area contributed by atoms with Crippen LogP contribution in [0.15, 0.2) is 70.2 Å². The maximum Gasteiger partial charge on any atom is 0.0250 e. The molecule has 0 heterocycles. The lowest BCUT2D eigenvalue weighted by atomic mass is 9.81. The number of hydrogen-bond acceptors (Lipinski definition) is 0. The highest BCUT2D eigenvalue weighted by Gasteiger charge is 2.31. The quantitative estimate of drug-likeness (QED) is 0.370. The van der Waals surface area contributed by atoms with Crippen molar-refractivity contribution in [3.8, 4) is 11.1 Å². The Morgan fingerprint density at radius 3 is 2.07 bits per heavy atom. The minimum absolute atomic E-state index is 0.475. The molecule has 5 rings (SSSR count). The molecule has 0 saturated heterocycles. The van der Waals surface area contributed by atoms with Gasteiger partial charge in [0.1, 0.15) is 0 Å². The highest BCUT2D eigenvalue weighted by atomic mass is 79.9. The molecule has 0 N–H and O–H groups in total. The molecule has 3 aromatic rings. The fourth-order valence-corrected chi connectivity index (χ4v) is 5.82. The van der Waals surface area contributed by atoms with Crippen LogP contribution in [0.2, 0.25) is 0 Å². The van der Waals surface area contributed by atoms with Crippen LogP contribution < -0.4 is 0 Å². The zero-order valence-corrected chi connectivity index (χ0v) is 19.7. The molecule has 150 valence electrons. The van der Waals surface area contributed by atoms with Crippen molar-refractivity contribution < 1.29 is 0 Å². The Bertz CT molecular complexity index is 1230. The van der Waals surface area contributed by atoms with Crippen LogP contribution in [0.4, 0.5) is 0 Å². The second kappa shape index (κ2) is 7.39. The van der Waals surface area contributed by atoms with Crippen molar-refractivity contribution in [1.29, 1.82) is 0 Å². The molecule has 0 aromatic heterocycles.